The monoisotopic (exact) mass is 734 g/mol. The van der Waals surface area contributed by atoms with Crippen molar-refractivity contribution in [2.24, 2.45) is 5.92 Å². The Labute approximate surface area is 318 Å². The number of ether oxygens (including phenoxy) is 5. The minimum atomic E-state index is -2.81. The molecule has 0 aliphatic carbocycles. The van der Waals surface area contributed by atoms with E-state index in [-0.39, 0.29) is 29.3 Å². The van der Waals surface area contributed by atoms with Gasteiger partial charge in [-0.2, -0.15) is 0 Å². The highest BCUT2D eigenvalue weighted by Gasteiger charge is 2.52. The zero-order valence-electron chi connectivity index (χ0n) is 32.2. The summed E-state index contributed by atoms with van der Waals surface area (Å²) < 4.78 is 39.0. The molecule has 0 N–H and O–H groups in total. The highest BCUT2D eigenvalue weighted by Crippen LogP contribution is 2.42. The van der Waals surface area contributed by atoms with Crippen LogP contribution in [-0.4, -0.2) is 52.7 Å². The average Bonchev–Trinajstić information content (AvgIpc) is 3.55. The molecule has 0 saturated carbocycles. The normalized spacial score (nSPS) is 21.5. The van der Waals surface area contributed by atoms with Crippen LogP contribution in [0, 0.1) is 5.92 Å². The van der Waals surface area contributed by atoms with Gasteiger partial charge in [0.25, 0.3) is 8.32 Å². The number of benzene rings is 4. The molecule has 6 nitrogen and oxygen atoms in total. The zero-order chi connectivity index (χ0) is 37.2. The fourth-order valence-corrected chi connectivity index (χ4v) is 12.8. The first-order valence-corrected chi connectivity index (χ1v) is 21.2. The summed E-state index contributed by atoms with van der Waals surface area (Å²) >= 11 is 0. The van der Waals surface area contributed by atoms with E-state index in [9.17, 15) is 0 Å². The van der Waals surface area contributed by atoms with Gasteiger partial charge < -0.3 is 28.1 Å². The first-order valence-electron chi connectivity index (χ1n) is 19.3. The van der Waals surface area contributed by atoms with E-state index in [1.165, 1.54) is 15.9 Å². The summed E-state index contributed by atoms with van der Waals surface area (Å²) in [6, 6.07) is 40.2. The van der Waals surface area contributed by atoms with Crippen molar-refractivity contribution in [2.45, 2.75) is 102 Å². The molecule has 0 bridgehead atoms. The first-order chi connectivity index (χ1) is 25.7. The Morgan fingerprint density at radius 2 is 1.34 bits per heavy atom. The second kappa shape index (κ2) is 18.2. The van der Waals surface area contributed by atoms with Crippen molar-refractivity contribution in [1.29, 1.82) is 0 Å². The molecule has 5 atom stereocenters. The lowest BCUT2D eigenvalue weighted by Gasteiger charge is -2.46. The SMILES string of the molecule is COc1ccc(COCC[C@@H](O[Si](c2ccccc2)(c2ccccc2)C(C)(C)C)[C@H](C)CC2CCC3(C=CC[C@@H](COCc4ccccc4)O3)O2)cc1. The van der Waals surface area contributed by atoms with E-state index in [1.54, 1.807) is 7.11 Å². The molecule has 4 aromatic rings. The lowest BCUT2D eigenvalue weighted by atomic mass is 9.94. The second-order valence-corrected chi connectivity index (χ2v) is 19.9. The van der Waals surface area contributed by atoms with Gasteiger partial charge in [-0.1, -0.05) is 137 Å². The molecule has 1 spiro atoms. The van der Waals surface area contributed by atoms with E-state index in [2.05, 4.69) is 125 Å². The molecule has 6 rings (SSSR count). The summed E-state index contributed by atoms with van der Waals surface area (Å²) in [4.78, 5) is 0. The summed E-state index contributed by atoms with van der Waals surface area (Å²) in [7, 11) is -1.12. The van der Waals surface area contributed by atoms with Gasteiger partial charge in [-0.15, -0.1) is 0 Å². The van der Waals surface area contributed by atoms with Crippen LogP contribution < -0.4 is 15.1 Å². The van der Waals surface area contributed by atoms with Crippen molar-refractivity contribution in [1.82, 2.24) is 0 Å². The minimum absolute atomic E-state index is 0.0334. The van der Waals surface area contributed by atoms with E-state index in [4.69, 9.17) is 28.1 Å². The second-order valence-electron chi connectivity index (χ2n) is 15.7. The van der Waals surface area contributed by atoms with Crippen LogP contribution in [0.3, 0.4) is 0 Å². The van der Waals surface area contributed by atoms with E-state index in [0.717, 1.165) is 43.4 Å². The van der Waals surface area contributed by atoms with Crippen LogP contribution in [0.15, 0.2) is 127 Å². The van der Waals surface area contributed by atoms with Gasteiger partial charge in [0, 0.05) is 13.0 Å². The summed E-state index contributed by atoms with van der Waals surface area (Å²) in [6.07, 6.45) is 8.55. The van der Waals surface area contributed by atoms with E-state index >= 15 is 0 Å². The van der Waals surface area contributed by atoms with Crippen LogP contribution in [-0.2, 0) is 36.6 Å². The zero-order valence-corrected chi connectivity index (χ0v) is 33.2. The molecule has 1 saturated heterocycles. The van der Waals surface area contributed by atoms with Gasteiger partial charge in [0.2, 0.25) is 0 Å². The van der Waals surface area contributed by atoms with Gasteiger partial charge in [0.05, 0.1) is 45.2 Å². The van der Waals surface area contributed by atoms with Crippen LogP contribution in [0.2, 0.25) is 5.04 Å². The Kier molecular flexibility index (Phi) is 13.4. The quantitative estimate of drug-likeness (QED) is 0.0614. The first kappa shape index (κ1) is 39.1. The Morgan fingerprint density at radius 1 is 0.755 bits per heavy atom. The van der Waals surface area contributed by atoms with Crippen LogP contribution in [0.4, 0.5) is 0 Å². The van der Waals surface area contributed by atoms with Gasteiger partial charge in [-0.3, -0.25) is 0 Å². The van der Waals surface area contributed by atoms with Gasteiger partial charge in [-0.25, -0.2) is 0 Å². The Bertz CT molecular complexity index is 1650. The lowest BCUT2D eigenvalue weighted by Crippen LogP contribution is -2.68. The maximum Gasteiger partial charge on any atom is 0.261 e. The molecule has 0 radical (unpaired) electrons. The smallest absolute Gasteiger partial charge is 0.261 e. The molecule has 53 heavy (non-hydrogen) atoms. The van der Waals surface area contributed by atoms with Gasteiger partial charge >= 0.3 is 0 Å². The Balaban J connectivity index is 1.17. The summed E-state index contributed by atoms with van der Waals surface area (Å²) in [5.41, 5.74) is 2.29. The maximum absolute atomic E-state index is 7.79. The molecular weight excluding hydrogens is 677 g/mol. The van der Waals surface area contributed by atoms with Gasteiger partial charge in [-0.05, 0) is 76.3 Å². The van der Waals surface area contributed by atoms with Crippen LogP contribution in [0.5, 0.6) is 5.75 Å². The van der Waals surface area contributed by atoms with E-state index in [1.807, 2.05) is 30.3 Å². The molecule has 0 aromatic heterocycles. The predicted molar refractivity (Wildman–Crippen MR) is 215 cm³/mol. The van der Waals surface area contributed by atoms with Crippen molar-refractivity contribution >= 4 is 18.7 Å². The maximum atomic E-state index is 7.79. The number of methoxy groups -OCH3 is 1. The van der Waals surface area contributed by atoms with Crippen molar-refractivity contribution < 1.29 is 28.1 Å². The summed E-state index contributed by atoms with van der Waals surface area (Å²) in [5, 5.41) is 2.43. The van der Waals surface area contributed by atoms with Crippen molar-refractivity contribution in [3.63, 3.8) is 0 Å². The average molecular weight is 735 g/mol. The minimum Gasteiger partial charge on any atom is -0.497 e. The summed E-state index contributed by atoms with van der Waals surface area (Å²) in [5.74, 6) is 0.358. The fourth-order valence-electron chi connectivity index (χ4n) is 7.95. The highest BCUT2D eigenvalue weighted by molar-refractivity contribution is 6.99. The van der Waals surface area contributed by atoms with Crippen molar-refractivity contribution in [2.75, 3.05) is 20.3 Å². The molecule has 4 aromatic carbocycles. The number of rotatable bonds is 17. The van der Waals surface area contributed by atoms with Gasteiger partial charge in [0.1, 0.15) is 5.75 Å². The third kappa shape index (κ3) is 9.95. The van der Waals surface area contributed by atoms with Crippen LogP contribution >= 0.6 is 0 Å². The Morgan fingerprint density at radius 3 is 1.96 bits per heavy atom. The lowest BCUT2D eigenvalue weighted by molar-refractivity contribution is -0.234. The van der Waals surface area contributed by atoms with Crippen LogP contribution in [0.25, 0.3) is 0 Å². The van der Waals surface area contributed by atoms with Crippen LogP contribution in [0.1, 0.15) is 70.9 Å². The molecule has 0 amide bonds. The van der Waals surface area contributed by atoms with Gasteiger partial charge in [0.15, 0.2) is 5.79 Å². The topological polar surface area (TPSA) is 55.4 Å². The molecule has 2 aliphatic rings. The molecule has 2 aliphatic heterocycles. The largest absolute Gasteiger partial charge is 0.497 e. The Hall–Kier alpha value is -3.56. The van der Waals surface area contributed by atoms with E-state index < -0.39 is 14.1 Å². The van der Waals surface area contributed by atoms with Crippen molar-refractivity contribution in [3.8, 4) is 5.75 Å². The standard InChI is InChI=1S/C46H58O6Si/c1-36(32-40-27-30-46(50-40)29-15-18-41(51-46)35-49-34-37-16-9-6-10-17-37)44(28-31-48-33-38-23-25-39(47-5)26-24-38)52-53(45(2,3)4,42-19-11-7-12-20-42)43-21-13-8-14-22-43/h6-17,19-26,29,36,40-41,44H,18,27-28,30-35H2,1-5H3/t36-,40?,41+,44-,46?/m1/s1. The van der Waals surface area contributed by atoms with E-state index in [0.29, 0.717) is 26.4 Å². The molecule has 2 unspecified atom stereocenters. The van der Waals surface area contributed by atoms with Crippen molar-refractivity contribution in [3.05, 3.63) is 139 Å². The molecule has 282 valence electrons. The number of hydrogen-bond acceptors (Lipinski definition) is 6. The highest BCUT2D eigenvalue weighted by atomic mass is 28.4. The third-order valence-electron chi connectivity index (χ3n) is 10.7. The third-order valence-corrected chi connectivity index (χ3v) is 15.8. The predicted octanol–water partition coefficient (Wildman–Crippen LogP) is 9.01. The molecule has 1 fully saturated rings. The molecular formula is C46H58O6Si. The molecule has 7 heteroatoms. The molecule has 2 heterocycles. The number of hydrogen-bond donors (Lipinski definition) is 0. The fraction of sp³-hybridized carbons (Fsp3) is 0.435. The summed E-state index contributed by atoms with van der Waals surface area (Å²) in [6.45, 7) is 11.6.